The molecule has 0 aromatic rings. The van der Waals surface area contributed by atoms with Gasteiger partial charge in [-0.1, -0.05) is 13.8 Å². The molecule has 4 aliphatic rings. The lowest BCUT2D eigenvalue weighted by molar-refractivity contribution is -0.151. The zero-order valence-corrected chi connectivity index (χ0v) is 15.2. The molecule has 0 aromatic carbocycles. The van der Waals surface area contributed by atoms with Crippen LogP contribution in [-0.2, 0) is 19.1 Å². The molecule has 26 heavy (non-hydrogen) atoms. The summed E-state index contributed by atoms with van der Waals surface area (Å²) in [5.74, 6) is -0.274. The highest BCUT2D eigenvalue weighted by Gasteiger charge is 2.61. The third-order valence-electron chi connectivity index (χ3n) is 7.47. The SMILES string of the molecule is C[C@H]1CC[C@@]23COC(=O)C2=C[C@H](O)C[C@@H]3[C@@]1(C)CCC1=CC(=O)O[C@@H]1O. The highest BCUT2D eigenvalue weighted by Crippen LogP contribution is 2.64. The van der Waals surface area contributed by atoms with Crippen molar-refractivity contribution in [2.75, 3.05) is 6.61 Å². The number of esters is 2. The quantitative estimate of drug-likeness (QED) is 0.745. The molecule has 142 valence electrons. The summed E-state index contributed by atoms with van der Waals surface area (Å²) in [6, 6.07) is 0. The summed E-state index contributed by atoms with van der Waals surface area (Å²) in [4.78, 5) is 23.6. The summed E-state index contributed by atoms with van der Waals surface area (Å²) < 4.78 is 10.2. The fourth-order valence-corrected chi connectivity index (χ4v) is 5.70. The Labute approximate surface area is 152 Å². The van der Waals surface area contributed by atoms with Crippen molar-refractivity contribution in [3.05, 3.63) is 23.3 Å². The van der Waals surface area contributed by atoms with Gasteiger partial charge in [0.25, 0.3) is 0 Å². The lowest BCUT2D eigenvalue weighted by Gasteiger charge is -2.57. The first-order valence-electron chi connectivity index (χ1n) is 9.43. The van der Waals surface area contributed by atoms with Crippen LogP contribution in [0.25, 0.3) is 0 Å². The largest absolute Gasteiger partial charge is 0.461 e. The van der Waals surface area contributed by atoms with Gasteiger partial charge in [-0.25, -0.2) is 9.59 Å². The first-order valence-corrected chi connectivity index (χ1v) is 9.43. The van der Waals surface area contributed by atoms with Gasteiger partial charge in [-0.05, 0) is 55.4 Å². The molecule has 1 saturated heterocycles. The Morgan fingerprint density at radius 3 is 2.77 bits per heavy atom. The number of cyclic esters (lactones) is 2. The number of carbonyl (C=O) groups is 2. The van der Waals surface area contributed by atoms with Crippen LogP contribution in [0.3, 0.4) is 0 Å². The Hall–Kier alpha value is -1.66. The van der Waals surface area contributed by atoms with E-state index in [0.29, 0.717) is 36.5 Å². The molecule has 2 heterocycles. The van der Waals surface area contributed by atoms with E-state index in [1.54, 1.807) is 6.08 Å². The average molecular weight is 362 g/mol. The summed E-state index contributed by atoms with van der Waals surface area (Å²) in [6.07, 6.45) is 5.08. The van der Waals surface area contributed by atoms with Crippen molar-refractivity contribution in [2.45, 2.75) is 58.3 Å². The first kappa shape index (κ1) is 17.7. The minimum Gasteiger partial charge on any atom is -0.461 e. The Morgan fingerprint density at radius 2 is 2.08 bits per heavy atom. The molecule has 0 bridgehead atoms. The number of carbonyl (C=O) groups excluding carboxylic acids is 2. The van der Waals surface area contributed by atoms with Gasteiger partial charge in [-0.2, -0.15) is 0 Å². The van der Waals surface area contributed by atoms with Gasteiger partial charge < -0.3 is 19.7 Å². The maximum atomic E-state index is 12.2. The summed E-state index contributed by atoms with van der Waals surface area (Å²) in [5.41, 5.74) is 0.804. The van der Waals surface area contributed by atoms with Crippen molar-refractivity contribution in [3.63, 3.8) is 0 Å². The van der Waals surface area contributed by atoms with Crippen LogP contribution < -0.4 is 0 Å². The second-order valence-electron chi connectivity index (χ2n) is 8.62. The fourth-order valence-electron chi connectivity index (χ4n) is 5.70. The third-order valence-corrected chi connectivity index (χ3v) is 7.47. The van der Waals surface area contributed by atoms with E-state index < -0.39 is 18.4 Å². The molecule has 0 radical (unpaired) electrons. The summed E-state index contributed by atoms with van der Waals surface area (Å²) >= 11 is 0. The van der Waals surface area contributed by atoms with Crippen LogP contribution in [0.15, 0.2) is 23.3 Å². The molecule has 0 aromatic heterocycles. The number of aliphatic hydroxyl groups is 2. The van der Waals surface area contributed by atoms with Crippen LogP contribution >= 0.6 is 0 Å². The average Bonchev–Trinajstić information content (AvgIpc) is 3.09. The molecule has 6 nitrogen and oxygen atoms in total. The lowest BCUT2D eigenvalue weighted by atomic mass is 9.46. The zero-order valence-electron chi connectivity index (χ0n) is 15.2. The van der Waals surface area contributed by atoms with Crippen LogP contribution in [0.5, 0.6) is 0 Å². The van der Waals surface area contributed by atoms with Gasteiger partial charge in [-0.3, -0.25) is 0 Å². The van der Waals surface area contributed by atoms with Gasteiger partial charge in [0.2, 0.25) is 6.29 Å². The molecule has 2 fully saturated rings. The van der Waals surface area contributed by atoms with Crippen LogP contribution in [0, 0.1) is 22.7 Å². The molecule has 0 amide bonds. The molecular formula is C20H26O6. The molecule has 6 atom stereocenters. The topological polar surface area (TPSA) is 93.1 Å². The monoisotopic (exact) mass is 362 g/mol. The van der Waals surface area contributed by atoms with Gasteiger partial charge in [-0.15, -0.1) is 0 Å². The normalized spacial score (nSPS) is 44.6. The van der Waals surface area contributed by atoms with Gasteiger partial charge in [0.15, 0.2) is 0 Å². The van der Waals surface area contributed by atoms with E-state index in [2.05, 4.69) is 13.8 Å². The second-order valence-corrected chi connectivity index (χ2v) is 8.62. The van der Waals surface area contributed by atoms with E-state index in [-0.39, 0.29) is 22.7 Å². The van der Waals surface area contributed by atoms with Crippen molar-refractivity contribution in [2.24, 2.45) is 22.7 Å². The number of rotatable bonds is 3. The third kappa shape index (κ3) is 2.46. The molecule has 0 unspecified atom stereocenters. The van der Waals surface area contributed by atoms with Crippen molar-refractivity contribution >= 4 is 11.9 Å². The van der Waals surface area contributed by atoms with Crippen molar-refractivity contribution in [3.8, 4) is 0 Å². The maximum Gasteiger partial charge on any atom is 0.334 e. The Morgan fingerprint density at radius 1 is 1.31 bits per heavy atom. The predicted molar refractivity (Wildman–Crippen MR) is 91.5 cm³/mol. The van der Waals surface area contributed by atoms with E-state index in [0.717, 1.165) is 19.3 Å². The summed E-state index contributed by atoms with van der Waals surface area (Å²) in [5, 5.41) is 20.3. The molecule has 2 aliphatic heterocycles. The van der Waals surface area contributed by atoms with Crippen LogP contribution in [0.1, 0.15) is 46.0 Å². The van der Waals surface area contributed by atoms with Gasteiger partial charge in [0, 0.05) is 22.6 Å². The van der Waals surface area contributed by atoms with Crippen LogP contribution in [-0.4, -0.2) is 41.2 Å². The standard InChI is InChI=1S/C20H26O6/c1-11-3-6-20-10-25-18(24)14(20)8-13(21)9-15(20)19(11,2)5-4-12-7-16(22)26-17(12)23/h7-8,11,13,15,17,21,23H,3-6,9-10H2,1-2H3/t11-,13-,15+,17-,19-,20+/m0/s1. The summed E-state index contributed by atoms with van der Waals surface area (Å²) in [6.45, 7) is 4.83. The number of hydrogen-bond acceptors (Lipinski definition) is 6. The first-order chi connectivity index (χ1) is 12.3. The molecule has 2 aliphatic carbocycles. The van der Waals surface area contributed by atoms with Crippen molar-refractivity contribution in [1.29, 1.82) is 0 Å². The lowest BCUT2D eigenvalue weighted by Crippen LogP contribution is -2.53. The van der Waals surface area contributed by atoms with E-state index in [9.17, 15) is 19.8 Å². The molecule has 2 N–H and O–H groups in total. The van der Waals surface area contributed by atoms with E-state index >= 15 is 0 Å². The predicted octanol–water partition coefficient (Wildman–Crippen LogP) is 1.85. The highest BCUT2D eigenvalue weighted by molar-refractivity contribution is 5.93. The molecule has 6 heteroatoms. The number of ether oxygens (including phenoxy) is 2. The molecule has 4 rings (SSSR count). The number of hydrogen-bond donors (Lipinski definition) is 2. The molecule has 1 saturated carbocycles. The Kier molecular flexibility index (Phi) is 4.04. The van der Waals surface area contributed by atoms with Gasteiger partial charge in [0.1, 0.15) is 6.61 Å². The van der Waals surface area contributed by atoms with Crippen LogP contribution in [0.2, 0.25) is 0 Å². The fraction of sp³-hybridized carbons (Fsp3) is 0.700. The van der Waals surface area contributed by atoms with Crippen molar-refractivity contribution < 1.29 is 29.3 Å². The zero-order chi connectivity index (χ0) is 18.7. The Bertz CT molecular complexity index is 709. The van der Waals surface area contributed by atoms with Crippen molar-refractivity contribution in [1.82, 2.24) is 0 Å². The highest BCUT2D eigenvalue weighted by atomic mass is 16.6. The minimum absolute atomic E-state index is 0.121. The molecular weight excluding hydrogens is 336 g/mol. The Balaban J connectivity index is 1.64. The second kappa shape index (κ2) is 5.92. The molecule has 1 spiro atoms. The van der Waals surface area contributed by atoms with Crippen LogP contribution in [0.4, 0.5) is 0 Å². The van der Waals surface area contributed by atoms with E-state index in [1.165, 1.54) is 6.08 Å². The smallest absolute Gasteiger partial charge is 0.334 e. The van der Waals surface area contributed by atoms with E-state index in [4.69, 9.17) is 9.47 Å². The van der Waals surface area contributed by atoms with Gasteiger partial charge in [0.05, 0.1) is 6.10 Å². The summed E-state index contributed by atoms with van der Waals surface area (Å²) in [7, 11) is 0. The van der Waals surface area contributed by atoms with E-state index in [1.807, 2.05) is 0 Å². The minimum atomic E-state index is -1.15. The number of aliphatic hydroxyl groups excluding tert-OH is 2. The maximum absolute atomic E-state index is 12.2. The van der Waals surface area contributed by atoms with Gasteiger partial charge >= 0.3 is 11.9 Å².